The minimum atomic E-state index is -0.272. The molecule has 0 aliphatic rings. The molecule has 7 nitrogen and oxygen atoms in total. The molecule has 2 aromatic carbocycles. The van der Waals surface area contributed by atoms with E-state index in [2.05, 4.69) is 30.8 Å². The maximum Gasteiger partial charge on any atom is 0.265 e. The molecule has 0 aliphatic heterocycles. The fourth-order valence-corrected chi connectivity index (χ4v) is 4.16. The van der Waals surface area contributed by atoms with Crippen LogP contribution in [0.4, 0.5) is 0 Å². The van der Waals surface area contributed by atoms with Gasteiger partial charge in [-0.1, -0.05) is 56.6 Å². The Bertz CT molecular complexity index is 1170. The molecule has 0 saturated carbocycles. The smallest absolute Gasteiger partial charge is 0.265 e. The number of aliphatic hydroxyl groups excluding tert-OH is 1. The van der Waals surface area contributed by atoms with Gasteiger partial charge in [-0.3, -0.25) is 10.2 Å². The van der Waals surface area contributed by atoms with E-state index in [0.29, 0.717) is 35.8 Å². The highest BCUT2D eigenvalue weighted by molar-refractivity contribution is 6.32. The summed E-state index contributed by atoms with van der Waals surface area (Å²) in [5, 5.41) is 11.5. The largest absolute Gasteiger partial charge is 0.489 e. The topological polar surface area (TPSA) is 79.6 Å². The van der Waals surface area contributed by atoms with E-state index in [1.807, 2.05) is 51.4 Å². The van der Waals surface area contributed by atoms with Crippen LogP contribution in [0, 0.1) is 0 Å². The molecule has 0 unspecified atom stereocenters. The van der Waals surface area contributed by atoms with Crippen molar-refractivity contribution in [2.24, 2.45) is 7.05 Å². The fourth-order valence-electron chi connectivity index (χ4n) is 3.94. The van der Waals surface area contributed by atoms with Gasteiger partial charge >= 0.3 is 0 Å². The van der Waals surface area contributed by atoms with Crippen LogP contribution >= 0.6 is 11.6 Å². The van der Waals surface area contributed by atoms with Crippen molar-refractivity contribution in [1.29, 1.82) is 0 Å². The summed E-state index contributed by atoms with van der Waals surface area (Å²) in [7, 11) is 2.02. The second kappa shape index (κ2) is 11.9. The lowest BCUT2D eigenvalue weighted by Crippen LogP contribution is -2.42. The number of amides is 1. The number of aryl methyl sites for hydroxylation is 1. The molecule has 8 heteroatoms. The van der Waals surface area contributed by atoms with Crippen LogP contribution in [-0.2, 0) is 19.0 Å². The second-order valence-corrected chi connectivity index (χ2v) is 10.7. The number of aromatic nitrogens is 2. The first kappa shape index (κ1) is 27.7. The Morgan fingerprint density at radius 3 is 2.44 bits per heavy atom. The lowest BCUT2D eigenvalue weighted by atomic mass is 9.96. The van der Waals surface area contributed by atoms with E-state index in [1.54, 1.807) is 23.2 Å². The molecule has 0 saturated heterocycles. The molecule has 0 bridgehead atoms. The maximum absolute atomic E-state index is 12.9. The number of hydrogen-bond acceptors (Lipinski definition) is 5. The van der Waals surface area contributed by atoms with Crippen LogP contribution in [0.1, 0.15) is 62.8 Å². The van der Waals surface area contributed by atoms with E-state index >= 15 is 0 Å². The van der Waals surface area contributed by atoms with Gasteiger partial charge in [0.05, 0.1) is 16.8 Å². The molecule has 194 valence electrons. The molecule has 0 atom stereocenters. The minimum absolute atomic E-state index is 0.0132. The number of rotatable bonds is 10. The first-order chi connectivity index (χ1) is 17.0. The van der Waals surface area contributed by atoms with Crippen molar-refractivity contribution in [2.75, 3.05) is 13.2 Å². The van der Waals surface area contributed by atoms with Gasteiger partial charge in [-0.2, -0.15) is 0 Å². The predicted octanol–water partition coefficient (Wildman–Crippen LogP) is 5.35. The molecule has 3 aromatic rings. The third kappa shape index (κ3) is 7.32. The number of hydrazine groups is 1. The first-order valence-electron chi connectivity index (χ1n) is 12.2. The molecule has 1 aromatic heterocycles. The van der Waals surface area contributed by atoms with E-state index in [9.17, 15) is 9.90 Å². The molecule has 0 fully saturated rings. The Morgan fingerprint density at radius 1 is 1.19 bits per heavy atom. The number of hydrogen-bond donors (Lipinski definition) is 2. The zero-order chi connectivity index (χ0) is 26.5. The minimum Gasteiger partial charge on any atom is -0.489 e. The van der Waals surface area contributed by atoms with Crippen molar-refractivity contribution in [1.82, 2.24) is 20.0 Å². The molecule has 0 spiro atoms. The van der Waals surface area contributed by atoms with Gasteiger partial charge in [0, 0.05) is 49.5 Å². The number of carbonyl (C=O) groups is 1. The second-order valence-electron chi connectivity index (χ2n) is 10.3. The van der Waals surface area contributed by atoms with E-state index in [-0.39, 0.29) is 24.0 Å². The molecule has 1 heterocycles. The van der Waals surface area contributed by atoms with Gasteiger partial charge in [0.1, 0.15) is 11.6 Å². The van der Waals surface area contributed by atoms with Gasteiger partial charge in [-0.15, -0.1) is 0 Å². The molecular formula is C28H37ClN4O3. The van der Waals surface area contributed by atoms with Crippen molar-refractivity contribution in [2.45, 2.75) is 59.1 Å². The molecular weight excluding hydrogens is 476 g/mol. The van der Waals surface area contributed by atoms with Gasteiger partial charge in [-0.25, -0.2) is 9.99 Å². The predicted molar refractivity (Wildman–Crippen MR) is 144 cm³/mol. The number of aliphatic hydroxyl groups is 1. The van der Waals surface area contributed by atoms with Gasteiger partial charge in [-0.05, 0) is 44.0 Å². The zero-order valence-electron chi connectivity index (χ0n) is 22.0. The van der Waals surface area contributed by atoms with Gasteiger partial charge < -0.3 is 14.4 Å². The Labute approximate surface area is 219 Å². The van der Waals surface area contributed by atoms with Crippen LogP contribution in [-0.4, -0.2) is 44.8 Å². The molecule has 1 amide bonds. The first-order valence-corrected chi connectivity index (χ1v) is 12.6. The molecule has 36 heavy (non-hydrogen) atoms. The van der Waals surface area contributed by atoms with Crippen LogP contribution < -0.4 is 10.2 Å². The molecule has 2 N–H and O–H groups in total. The van der Waals surface area contributed by atoms with Gasteiger partial charge in [0.15, 0.2) is 0 Å². The quantitative estimate of drug-likeness (QED) is 0.358. The molecule has 3 rings (SSSR count). The Hall–Kier alpha value is -2.87. The summed E-state index contributed by atoms with van der Waals surface area (Å²) in [6, 6.07) is 13.2. The van der Waals surface area contributed by atoms with Crippen LogP contribution in [0.25, 0.3) is 11.3 Å². The SMILES string of the molecule is CC(C)Oc1ccc(C(=O)NN(CCCO)Cc2ccc(-c3cn(C)c(C(C)(C)C)n3)cc2)cc1Cl. The normalized spacial score (nSPS) is 11.8. The van der Waals surface area contributed by atoms with Crippen LogP contribution in [0.2, 0.25) is 5.02 Å². The summed E-state index contributed by atoms with van der Waals surface area (Å²) >= 11 is 6.31. The Balaban J connectivity index is 1.71. The summed E-state index contributed by atoms with van der Waals surface area (Å²) in [6.45, 7) is 11.3. The Morgan fingerprint density at radius 2 is 1.89 bits per heavy atom. The summed E-state index contributed by atoms with van der Waals surface area (Å²) in [5.41, 5.74) is 6.34. The summed E-state index contributed by atoms with van der Waals surface area (Å²) in [5.74, 6) is 1.30. The standard InChI is InChI=1S/C28H37ClN4O3/c1-19(2)36-25-13-12-22(16-23(25)29)26(35)31-33(14-7-15-34)17-20-8-10-21(11-9-20)24-18-32(6)27(30-24)28(3,4)5/h8-13,16,18-19,34H,7,14-15,17H2,1-6H3,(H,31,35). The lowest BCUT2D eigenvalue weighted by Gasteiger charge is -2.23. The van der Waals surface area contributed by atoms with Crippen molar-refractivity contribution in [3.8, 4) is 17.0 Å². The zero-order valence-corrected chi connectivity index (χ0v) is 22.8. The third-order valence-electron chi connectivity index (χ3n) is 5.57. The summed E-state index contributed by atoms with van der Waals surface area (Å²) in [4.78, 5) is 17.8. The highest BCUT2D eigenvalue weighted by atomic mass is 35.5. The number of ether oxygens (including phenoxy) is 1. The highest BCUT2D eigenvalue weighted by Crippen LogP contribution is 2.27. The average Bonchev–Trinajstić information content (AvgIpc) is 3.21. The van der Waals surface area contributed by atoms with Crippen molar-refractivity contribution < 1.29 is 14.6 Å². The lowest BCUT2D eigenvalue weighted by molar-refractivity contribution is 0.0758. The number of halogens is 1. The van der Waals surface area contributed by atoms with E-state index < -0.39 is 0 Å². The number of imidazole rings is 1. The van der Waals surface area contributed by atoms with Gasteiger partial charge in [0.2, 0.25) is 0 Å². The maximum atomic E-state index is 12.9. The van der Waals surface area contributed by atoms with Crippen LogP contribution in [0.3, 0.4) is 0 Å². The highest BCUT2D eigenvalue weighted by Gasteiger charge is 2.21. The van der Waals surface area contributed by atoms with Gasteiger partial charge in [0.25, 0.3) is 5.91 Å². The fraction of sp³-hybridized carbons (Fsp3) is 0.429. The monoisotopic (exact) mass is 512 g/mol. The number of nitrogens with one attached hydrogen (secondary N) is 1. The van der Waals surface area contributed by atoms with Crippen molar-refractivity contribution in [3.05, 3.63) is 70.6 Å². The number of benzene rings is 2. The number of nitrogens with zero attached hydrogens (tertiary/aromatic N) is 3. The average molecular weight is 513 g/mol. The van der Waals surface area contributed by atoms with E-state index in [1.165, 1.54) is 0 Å². The number of carbonyl (C=O) groups excluding carboxylic acids is 1. The summed E-state index contributed by atoms with van der Waals surface area (Å²) < 4.78 is 7.72. The third-order valence-corrected chi connectivity index (χ3v) is 5.87. The molecule has 0 aliphatic carbocycles. The van der Waals surface area contributed by atoms with Crippen molar-refractivity contribution >= 4 is 17.5 Å². The molecule has 0 radical (unpaired) electrons. The van der Waals surface area contributed by atoms with E-state index in [0.717, 1.165) is 22.6 Å². The Kier molecular flexibility index (Phi) is 9.17. The summed E-state index contributed by atoms with van der Waals surface area (Å²) in [6.07, 6.45) is 2.57. The van der Waals surface area contributed by atoms with E-state index in [4.69, 9.17) is 21.3 Å². The van der Waals surface area contributed by atoms with Crippen LogP contribution in [0.15, 0.2) is 48.7 Å². The van der Waals surface area contributed by atoms with Crippen LogP contribution in [0.5, 0.6) is 5.75 Å². The van der Waals surface area contributed by atoms with Crippen molar-refractivity contribution in [3.63, 3.8) is 0 Å².